The van der Waals surface area contributed by atoms with Gasteiger partial charge in [0.25, 0.3) is 5.91 Å². The van der Waals surface area contributed by atoms with Crippen molar-refractivity contribution < 1.29 is 9.53 Å². The molecule has 0 aliphatic heterocycles. The molecule has 32 heavy (non-hydrogen) atoms. The minimum atomic E-state index is -0.102. The van der Waals surface area contributed by atoms with Gasteiger partial charge in [-0.15, -0.1) is 0 Å². The molecule has 1 amide bonds. The van der Waals surface area contributed by atoms with Crippen LogP contribution in [0, 0.1) is 6.92 Å². The number of methoxy groups -OCH3 is 1. The van der Waals surface area contributed by atoms with E-state index in [1.165, 1.54) is 11.3 Å². The molecule has 0 aliphatic carbocycles. The Hall–Kier alpha value is -3.77. The molecule has 5 rings (SSSR count). The molecule has 6 heteroatoms. The van der Waals surface area contributed by atoms with Gasteiger partial charge in [0.15, 0.2) is 5.13 Å². The van der Waals surface area contributed by atoms with Gasteiger partial charge >= 0.3 is 0 Å². The van der Waals surface area contributed by atoms with E-state index in [-0.39, 0.29) is 5.91 Å². The molecule has 0 saturated carbocycles. The van der Waals surface area contributed by atoms with Gasteiger partial charge in [-0.2, -0.15) is 0 Å². The van der Waals surface area contributed by atoms with E-state index < -0.39 is 0 Å². The summed E-state index contributed by atoms with van der Waals surface area (Å²) in [5.74, 6) is 0.600. The molecule has 0 aliphatic rings. The van der Waals surface area contributed by atoms with Crippen molar-refractivity contribution in [3.05, 3.63) is 95.8 Å². The minimum Gasteiger partial charge on any atom is -0.494 e. The fourth-order valence-corrected chi connectivity index (χ4v) is 4.81. The quantitative estimate of drug-likeness (QED) is 0.337. The van der Waals surface area contributed by atoms with Crippen LogP contribution in [0.25, 0.3) is 21.0 Å². The largest absolute Gasteiger partial charge is 0.494 e. The average Bonchev–Trinajstić information content (AvgIpc) is 3.29. The number of hydrogen-bond acceptors (Lipinski definition) is 5. The second kappa shape index (κ2) is 8.40. The molecule has 5 nitrogen and oxygen atoms in total. The zero-order chi connectivity index (χ0) is 22.1. The molecule has 0 N–H and O–H groups in total. The van der Waals surface area contributed by atoms with Crippen LogP contribution in [-0.4, -0.2) is 23.0 Å². The zero-order valence-corrected chi connectivity index (χ0v) is 18.6. The van der Waals surface area contributed by atoms with E-state index in [1.54, 1.807) is 24.4 Å². The first-order chi connectivity index (χ1) is 15.6. The van der Waals surface area contributed by atoms with Gasteiger partial charge in [0.1, 0.15) is 11.3 Å². The van der Waals surface area contributed by atoms with Crippen LogP contribution in [0.2, 0.25) is 0 Å². The molecule has 0 fully saturated rings. The summed E-state index contributed by atoms with van der Waals surface area (Å²) in [5.41, 5.74) is 3.43. The minimum absolute atomic E-state index is 0.102. The summed E-state index contributed by atoms with van der Waals surface area (Å²) in [5, 5.41) is 2.76. The van der Waals surface area contributed by atoms with Gasteiger partial charge in [-0.3, -0.25) is 14.7 Å². The van der Waals surface area contributed by atoms with Crippen LogP contribution in [-0.2, 0) is 6.54 Å². The Bertz CT molecular complexity index is 1430. The molecule has 2 aromatic heterocycles. The highest BCUT2D eigenvalue weighted by Gasteiger charge is 2.23. The summed E-state index contributed by atoms with van der Waals surface area (Å²) in [6.07, 6.45) is 3.50. The fourth-order valence-electron chi connectivity index (χ4n) is 3.76. The molecule has 0 spiro atoms. The van der Waals surface area contributed by atoms with Crippen LogP contribution >= 0.6 is 11.3 Å². The van der Waals surface area contributed by atoms with Crippen LogP contribution in [0.5, 0.6) is 5.75 Å². The molecule has 0 atom stereocenters. The maximum atomic E-state index is 13.8. The molecule has 158 valence electrons. The number of fused-ring (bicyclic) bond motifs is 2. The third-order valence-corrected chi connectivity index (χ3v) is 6.66. The van der Waals surface area contributed by atoms with Crippen molar-refractivity contribution >= 4 is 43.4 Å². The Morgan fingerprint density at radius 2 is 1.88 bits per heavy atom. The number of pyridine rings is 1. The van der Waals surface area contributed by atoms with E-state index in [2.05, 4.69) is 4.98 Å². The lowest BCUT2D eigenvalue weighted by molar-refractivity contribution is 0.0985. The number of nitrogens with zero attached hydrogens (tertiary/aromatic N) is 3. The molecular weight excluding hydrogens is 418 g/mol. The molecule has 0 saturated heterocycles. The molecule has 0 bridgehead atoms. The van der Waals surface area contributed by atoms with E-state index >= 15 is 0 Å². The number of rotatable bonds is 5. The zero-order valence-electron chi connectivity index (χ0n) is 17.8. The van der Waals surface area contributed by atoms with Crippen LogP contribution in [0.3, 0.4) is 0 Å². The Balaban J connectivity index is 1.62. The average molecular weight is 440 g/mol. The van der Waals surface area contributed by atoms with Crippen molar-refractivity contribution in [2.24, 2.45) is 0 Å². The van der Waals surface area contributed by atoms with E-state index in [0.717, 1.165) is 32.1 Å². The van der Waals surface area contributed by atoms with E-state index in [4.69, 9.17) is 9.72 Å². The van der Waals surface area contributed by atoms with Crippen molar-refractivity contribution in [1.29, 1.82) is 0 Å². The smallest absolute Gasteiger partial charge is 0.260 e. The Morgan fingerprint density at radius 1 is 1.03 bits per heavy atom. The maximum absolute atomic E-state index is 13.8. The monoisotopic (exact) mass is 439 g/mol. The van der Waals surface area contributed by atoms with Gasteiger partial charge in [-0.25, -0.2) is 4.98 Å². The summed E-state index contributed by atoms with van der Waals surface area (Å²) in [6, 6.07) is 21.6. The van der Waals surface area contributed by atoms with Crippen molar-refractivity contribution in [2.45, 2.75) is 13.5 Å². The standard InChI is InChI=1S/C26H21N3O2S/c1-17-9-12-22(31-2)23-24(17)32-26(28-23)29(16-18-6-5-13-27-15-18)25(30)21-11-10-19-7-3-4-8-20(19)14-21/h3-15H,16H2,1-2H3. The number of amides is 1. The van der Waals surface area contributed by atoms with Crippen molar-refractivity contribution in [3.8, 4) is 5.75 Å². The summed E-state index contributed by atoms with van der Waals surface area (Å²) in [4.78, 5) is 24.5. The Kier molecular flexibility index (Phi) is 5.29. The predicted octanol–water partition coefficient (Wildman–Crippen LogP) is 6.01. The highest BCUT2D eigenvalue weighted by molar-refractivity contribution is 7.22. The van der Waals surface area contributed by atoms with E-state index in [1.807, 2.05) is 73.7 Å². The van der Waals surface area contributed by atoms with Gasteiger partial charge in [0.2, 0.25) is 0 Å². The number of benzene rings is 3. The van der Waals surface area contributed by atoms with Crippen molar-refractivity contribution in [2.75, 3.05) is 12.0 Å². The van der Waals surface area contributed by atoms with Crippen LogP contribution in [0.1, 0.15) is 21.5 Å². The third kappa shape index (κ3) is 3.69. The number of anilines is 1. The second-order valence-corrected chi connectivity index (χ2v) is 8.55. The molecular formula is C26H21N3O2S. The first kappa shape index (κ1) is 20.2. The molecule has 2 heterocycles. The second-order valence-electron chi connectivity index (χ2n) is 7.57. The lowest BCUT2D eigenvalue weighted by Crippen LogP contribution is -2.30. The van der Waals surface area contributed by atoms with Gasteiger partial charge in [-0.05, 0) is 53.1 Å². The summed E-state index contributed by atoms with van der Waals surface area (Å²) in [7, 11) is 1.64. The number of aromatic nitrogens is 2. The van der Waals surface area contributed by atoms with E-state index in [9.17, 15) is 4.79 Å². The highest BCUT2D eigenvalue weighted by atomic mass is 32.1. The molecule has 0 unspecified atom stereocenters. The number of carbonyl (C=O) groups is 1. The van der Waals surface area contributed by atoms with Crippen LogP contribution in [0.15, 0.2) is 79.1 Å². The van der Waals surface area contributed by atoms with Crippen LogP contribution < -0.4 is 9.64 Å². The lowest BCUT2D eigenvalue weighted by atomic mass is 10.1. The van der Waals surface area contributed by atoms with E-state index in [0.29, 0.717) is 23.0 Å². The van der Waals surface area contributed by atoms with Crippen molar-refractivity contribution in [3.63, 3.8) is 0 Å². The topological polar surface area (TPSA) is 55.3 Å². The number of hydrogen-bond donors (Lipinski definition) is 0. The highest BCUT2D eigenvalue weighted by Crippen LogP contribution is 2.37. The lowest BCUT2D eigenvalue weighted by Gasteiger charge is -2.20. The predicted molar refractivity (Wildman–Crippen MR) is 130 cm³/mol. The van der Waals surface area contributed by atoms with Gasteiger partial charge in [-0.1, -0.05) is 53.8 Å². The first-order valence-electron chi connectivity index (χ1n) is 10.3. The normalized spacial score (nSPS) is 11.1. The summed E-state index contributed by atoms with van der Waals surface area (Å²) in [6.45, 7) is 2.42. The fraction of sp³-hybridized carbons (Fsp3) is 0.115. The van der Waals surface area contributed by atoms with Gasteiger partial charge in [0, 0.05) is 18.0 Å². The Morgan fingerprint density at radius 3 is 2.66 bits per heavy atom. The van der Waals surface area contributed by atoms with Crippen LogP contribution in [0.4, 0.5) is 5.13 Å². The SMILES string of the molecule is COc1ccc(C)c2sc(N(Cc3cccnc3)C(=O)c3ccc4ccccc4c3)nc12. The number of ether oxygens (including phenoxy) is 1. The number of carbonyl (C=O) groups excluding carboxylic acids is 1. The summed E-state index contributed by atoms with van der Waals surface area (Å²) >= 11 is 1.50. The summed E-state index contributed by atoms with van der Waals surface area (Å²) < 4.78 is 6.53. The number of aryl methyl sites for hydroxylation is 1. The van der Waals surface area contributed by atoms with Gasteiger partial charge < -0.3 is 4.74 Å². The first-order valence-corrected chi connectivity index (χ1v) is 11.1. The molecule has 5 aromatic rings. The number of thiazole rings is 1. The molecule has 3 aromatic carbocycles. The molecule has 0 radical (unpaired) electrons. The van der Waals surface area contributed by atoms with Crippen molar-refractivity contribution in [1.82, 2.24) is 9.97 Å². The Labute approximate surface area is 189 Å². The third-order valence-electron chi connectivity index (χ3n) is 5.45. The van der Waals surface area contributed by atoms with Gasteiger partial charge in [0.05, 0.1) is 18.4 Å². The maximum Gasteiger partial charge on any atom is 0.260 e.